The SMILES string of the molecule is CCNC(c1cn(C)cn1)c1c(F)ccc(C)c1F. The molecule has 0 radical (unpaired) electrons. The summed E-state index contributed by atoms with van der Waals surface area (Å²) in [5.41, 5.74) is 1.06. The van der Waals surface area contributed by atoms with E-state index in [2.05, 4.69) is 10.3 Å². The molecule has 0 saturated heterocycles. The summed E-state index contributed by atoms with van der Waals surface area (Å²) < 4.78 is 30.0. The third-order valence-electron chi connectivity index (χ3n) is 3.04. The lowest BCUT2D eigenvalue weighted by Gasteiger charge is -2.18. The van der Waals surface area contributed by atoms with E-state index >= 15 is 0 Å². The number of nitrogens with zero attached hydrogens (tertiary/aromatic N) is 2. The molecule has 0 spiro atoms. The first-order valence-electron chi connectivity index (χ1n) is 6.20. The fourth-order valence-electron chi connectivity index (χ4n) is 2.08. The molecule has 0 saturated carbocycles. The van der Waals surface area contributed by atoms with Crippen molar-refractivity contribution in [2.45, 2.75) is 19.9 Å². The Morgan fingerprint density at radius 2 is 2.11 bits per heavy atom. The summed E-state index contributed by atoms with van der Waals surface area (Å²) in [6.45, 7) is 4.11. The second-order valence-corrected chi connectivity index (χ2v) is 4.55. The van der Waals surface area contributed by atoms with Crippen LogP contribution in [0.4, 0.5) is 8.78 Å². The molecule has 0 fully saturated rings. The van der Waals surface area contributed by atoms with Crippen molar-refractivity contribution in [2.24, 2.45) is 7.05 Å². The van der Waals surface area contributed by atoms with Crippen LogP contribution in [0.25, 0.3) is 0 Å². The van der Waals surface area contributed by atoms with Crippen molar-refractivity contribution in [3.8, 4) is 0 Å². The summed E-state index contributed by atoms with van der Waals surface area (Å²) in [6, 6.07) is 2.16. The van der Waals surface area contributed by atoms with Crippen molar-refractivity contribution in [2.75, 3.05) is 6.54 Å². The maximum absolute atomic E-state index is 14.2. The van der Waals surface area contributed by atoms with E-state index in [1.807, 2.05) is 14.0 Å². The van der Waals surface area contributed by atoms with Crippen LogP contribution in [0.15, 0.2) is 24.7 Å². The summed E-state index contributed by atoms with van der Waals surface area (Å²) in [5, 5.41) is 3.08. The van der Waals surface area contributed by atoms with Gasteiger partial charge in [-0.2, -0.15) is 0 Å². The molecule has 3 nitrogen and oxygen atoms in total. The van der Waals surface area contributed by atoms with E-state index in [0.717, 1.165) is 0 Å². The van der Waals surface area contributed by atoms with Gasteiger partial charge in [-0.1, -0.05) is 13.0 Å². The van der Waals surface area contributed by atoms with E-state index in [1.165, 1.54) is 12.1 Å². The molecule has 19 heavy (non-hydrogen) atoms. The van der Waals surface area contributed by atoms with Gasteiger partial charge in [0, 0.05) is 18.8 Å². The Kier molecular flexibility index (Phi) is 3.95. The van der Waals surface area contributed by atoms with Gasteiger partial charge in [0.25, 0.3) is 0 Å². The molecule has 102 valence electrons. The largest absolute Gasteiger partial charge is 0.340 e. The molecular weight excluding hydrogens is 248 g/mol. The van der Waals surface area contributed by atoms with Gasteiger partial charge in [-0.05, 0) is 25.1 Å². The normalized spacial score (nSPS) is 12.7. The standard InChI is InChI=1S/C14H17F2N3/c1-4-17-14(11-7-19(3)8-18-11)12-10(15)6-5-9(2)13(12)16/h5-8,14,17H,4H2,1-3H3. The van der Waals surface area contributed by atoms with Crippen LogP contribution in [-0.2, 0) is 7.05 Å². The fraction of sp³-hybridized carbons (Fsp3) is 0.357. The van der Waals surface area contributed by atoms with Gasteiger partial charge in [-0.3, -0.25) is 0 Å². The second-order valence-electron chi connectivity index (χ2n) is 4.55. The summed E-state index contributed by atoms with van der Waals surface area (Å²) in [5.74, 6) is -1.07. The average molecular weight is 265 g/mol. The Balaban J connectivity index is 2.53. The smallest absolute Gasteiger partial charge is 0.134 e. The van der Waals surface area contributed by atoms with Gasteiger partial charge in [0.2, 0.25) is 0 Å². The molecule has 0 aliphatic heterocycles. The monoisotopic (exact) mass is 265 g/mol. The van der Waals surface area contributed by atoms with Gasteiger partial charge < -0.3 is 9.88 Å². The number of aromatic nitrogens is 2. The summed E-state index contributed by atoms with van der Waals surface area (Å²) in [4.78, 5) is 4.19. The van der Waals surface area contributed by atoms with Crippen molar-refractivity contribution in [3.05, 3.63) is 53.1 Å². The zero-order chi connectivity index (χ0) is 14.0. The van der Waals surface area contributed by atoms with E-state index in [0.29, 0.717) is 17.8 Å². The second kappa shape index (κ2) is 5.48. The number of nitrogens with one attached hydrogen (secondary N) is 1. The lowest BCUT2D eigenvalue weighted by molar-refractivity contribution is 0.502. The highest BCUT2D eigenvalue weighted by atomic mass is 19.1. The Morgan fingerprint density at radius 3 is 2.68 bits per heavy atom. The average Bonchev–Trinajstić information content (AvgIpc) is 2.80. The predicted molar refractivity (Wildman–Crippen MR) is 69.8 cm³/mol. The first kappa shape index (κ1) is 13.7. The number of rotatable bonds is 4. The molecule has 1 atom stereocenters. The minimum atomic E-state index is -0.578. The molecular formula is C14H17F2N3. The molecule has 0 bridgehead atoms. The number of halogens is 2. The molecule has 1 unspecified atom stereocenters. The van der Waals surface area contributed by atoms with Gasteiger partial charge >= 0.3 is 0 Å². The maximum atomic E-state index is 14.2. The third-order valence-corrected chi connectivity index (χ3v) is 3.04. The van der Waals surface area contributed by atoms with Crippen LogP contribution in [0.5, 0.6) is 0 Å². The fourth-order valence-corrected chi connectivity index (χ4v) is 2.08. The first-order chi connectivity index (χ1) is 9.04. The van der Waals surface area contributed by atoms with E-state index in [1.54, 1.807) is 24.0 Å². The molecule has 2 rings (SSSR count). The predicted octanol–water partition coefficient (Wildman–Crippen LogP) is 2.71. The first-order valence-corrected chi connectivity index (χ1v) is 6.20. The van der Waals surface area contributed by atoms with Crippen molar-refractivity contribution in [3.63, 3.8) is 0 Å². The Labute approximate surface area is 111 Å². The molecule has 2 aromatic rings. The van der Waals surface area contributed by atoms with Gasteiger partial charge in [-0.15, -0.1) is 0 Å². The third kappa shape index (κ3) is 2.66. The van der Waals surface area contributed by atoms with Gasteiger partial charge in [0.1, 0.15) is 11.6 Å². The zero-order valence-corrected chi connectivity index (χ0v) is 11.2. The van der Waals surface area contributed by atoms with Crippen LogP contribution in [-0.4, -0.2) is 16.1 Å². The highest BCUT2D eigenvalue weighted by molar-refractivity contribution is 5.33. The van der Waals surface area contributed by atoms with E-state index in [9.17, 15) is 8.78 Å². The molecule has 1 N–H and O–H groups in total. The Bertz CT molecular complexity index is 578. The quantitative estimate of drug-likeness (QED) is 0.921. The summed E-state index contributed by atoms with van der Waals surface area (Å²) >= 11 is 0. The van der Waals surface area contributed by atoms with Gasteiger partial charge in [0.05, 0.1) is 18.1 Å². The van der Waals surface area contributed by atoms with Crippen LogP contribution >= 0.6 is 0 Å². The van der Waals surface area contributed by atoms with Crippen molar-refractivity contribution in [1.82, 2.24) is 14.9 Å². The Hall–Kier alpha value is -1.75. The van der Waals surface area contributed by atoms with Gasteiger partial charge in [-0.25, -0.2) is 13.8 Å². The lowest BCUT2D eigenvalue weighted by Crippen LogP contribution is -2.24. The van der Waals surface area contributed by atoms with E-state index in [4.69, 9.17) is 0 Å². The van der Waals surface area contributed by atoms with Crippen molar-refractivity contribution in [1.29, 1.82) is 0 Å². The lowest BCUT2D eigenvalue weighted by atomic mass is 10.00. The number of imidazole rings is 1. The molecule has 0 aliphatic rings. The number of hydrogen-bond acceptors (Lipinski definition) is 2. The number of aryl methyl sites for hydroxylation is 2. The van der Waals surface area contributed by atoms with Crippen molar-refractivity contribution >= 4 is 0 Å². The van der Waals surface area contributed by atoms with Crippen LogP contribution in [0.3, 0.4) is 0 Å². The molecule has 1 aromatic heterocycles. The molecule has 1 aromatic carbocycles. The Morgan fingerprint density at radius 1 is 1.37 bits per heavy atom. The highest BCUT2D eigenvalue weighted by Crippen LogP contribution is 2.27. The number of hydrogen-bond donors (Lipinski definition) is 1. The molecule has 1 heterocycles. The molecule has 0 amide bonds. The number of benzene rings is 1. The summed E-state index contributed by atoms with van der Waals surface area (Å²) in [7, 11) is 1.82. The van der Waals surface area contributed by atoms with Gasteiger partial charge in [0.15, 0.2) is 0 Å². The summed E-state index contributed by atoms with van der Waals surface area (Å²) in [6.07, 6.45) is 3.37. The maximum Gasteiger partial charge on any atom is 0.134 e. The van der Waals surface area contributed by atoms with E-state index in [-0.39, 0.29) is 5.56 Å². The van der Waals surface area contributed by atoms with Crippen LogP contribution < -0.4 is 5.32 Å². The molecule has 0 aliphatic carbocycles. The van der Waals surface area contributed by atoms with Crippen LogP contribution in [0, 0.1) is 18.6 Å². The molecule has 5 heteroatoms. The minimum absolute atomic E-state index is 0.0283. The zero-order valence-electron chi connectivity index (χ0n) is 11.2. The van der Waals surface area contributed by atoms with E-state index < -0.39 is 17.7 Å². The highest BCUT2D eigenvalue weighted by Gasteiger charge is 2.24. The topological polar surface area (TPSA) is 29.9 Å². The van der Waals surface area contributed by atoms with Crippen molar-refractivity contribution < 1.29 is 8.78 Å². The minimum Gasteiger partial charge on any atom is -0.340 e. The van der Waals surface area contributed by atoms with Crippen LogP contribution in [0.1, 0.15) is 29.8 Å². The van der Waals surface area contributed by atoms with Crippen LogP contribution in [0.2, 0.25) is 0 Å².